The summed E-state index contributed by atoms with van der Waals surface area (Å²) in [6.07, 6.45) is -1.81. The third-order valence-electron chi connectivity index (χ3n) is 3.54. The molecular formula is C11H19N5O3. The summed E-state index contributed by atoms with van der Waals surface area (Å²) in [5.74, 6) is 1.44. The third kappa shape index (κ3) is 2.22. The van der Waals surface area contributed by atoms with E-state index in [-0.39, 0.29) is 18.4 Å². The van der Waals surface area contributed by atoms with E-state index in [1.165, 1.54) is 0 Å². The smallest absolute Gasteiger partial charge is 0.198 e. The first-order valence-corrected chi connectivity index (χ1v) is 6.36. The summed E-state index contributed by atoms with van der Waals surface area (Å²) >= 11 is 0. The van der Waals surface area contributed by atoms with Crippen molar-refractivity contribution in [2.45, 2.75) is 37.5 Å². The van der Waals surface area contributed by atoms with Gasteiger partial charge in [-0.1, -0.05) is 0 Å². The minimum atomic E-state index is -0.839. The number of fused-ring (bicyclic) bond motifs is 2. The molecule has 0 spiro atoms. The van der Waals surface area contributed by atoms with Crippen LogP contribution in [0, 0.1) is 0 Å². The Hall–Kier alpha value is -1.51. The summed E-state index contributed by atoms with van der Waals surface area (Å²) in [7, 11) is 1.69. The van der Waals surface area contributed by atoms with Crippen LogP contribution in [0.15, 0.2) is 16.5 Å². The number of rotatable bonds is 2. The molecule has 2 unspecified atom stereocenters. The number of epoxide rings is 1. The summed E-state index contributed by atoms with van der Waals surface area (Å²) in [5, 5.41) is 32.1. The summed E-state index contributed by atoms with van der Waals surface area (Å²) in [6.45, 7) is 2.08. The first-order chi connectivity index (χ1) is 9.10. The lowest BCUT2D eigenvalue weighted by atomic mass is 10.0. The van der Waals surface area contributed by atoms with Crippen LogP contribution in [-0.4, -0.2) is 60.3 Å². The van der Waals surface area contributed by atoms with Crippen molar-refractivity contribution in [3.05, 3.63) is 11.5 Å². The van der Waals surface area contributed by atoms with Gasteiger partial charge < -0.3 is 36.2 Å². The Morgan fingerprint density at radius 3 is 2.84 bits per heavy atom. The van der Waals surface area contributed by atoms with Gasteiger partial charge in [-0.3, -0.25) is 4.99 Å². The highest BCUT2D eigenvalue weighted by atomic mass is 16.6. The quantitative estimate of drug-likeness (QED) is 0.304. The molecule has 0 amide bonds. The minimum Gasteiger partial charge on any atom is -0.391 e. The summed E-state index contributed by atoms with van der Waals surface area (Å²) in [4.78, 5) is 4.08. The summed E-state index contributed by atoms with van der Waals surface area (Å²) < 4.78 is 5.51. The normalized spacial score (nSPS) is 37.7. The number of hydrogen-bond acceptors (Lipinski definition) is 6. The zero-order valence-electron chi connectivity index (χ0n) is 10.8. The summed E-state index contributed by atoms with van der Waals surface area (Å²) in [6, 6.07) is -0.259. The largest absolute Gasteiger partial charge is 0.391 e. The fourth-order valence-electron chi connectivity index (χ4n) is 2.36. The molecule has 0 aliphatic carbocycles. The molecule has 5 atom stereocenters. The van der Waals surface area contributed by atoms with Gasteiger partial charge in [0.05, 0.1) is 17.8 Å². The molecule has 3 aliphatic heterocycles. The highest BCUT2D eigenvalue weighted by molar-refractivity contribution is 5.82. The molecule has 0 bridgehead atoms. The molecule has 0 saturated carbocycles. The number of aliphatic imine (C=N–C) groups is 1. The van der Waals surface area contributed by atoms with Gasteiger partial charge in [-0.2, -0.15) is 0 Å². The van der Waals surface area contributed by atoms with Crippen molar-refractivity contribution in [2.75, 3.05) is 13.6 Å². The van der Waals surface area contributed by atoms with Gasteiger partial charge in [-0.05, 0) is 6.92 Å². The van der Waals surface area contributed by atoms with Crippen molar-refractivity contribution in [2.24, 2.45) is 4.99 Å². The highest BCUT2D eigenvalue weighted by Crippen LogP contribution is 2.30. The topological polar surface area (TPSA) is 113 Å². The molecule has 3 heterocycles. The Balaban J connectivity index is 1.79. The standard InChI is InChI=1S/C11H19N5O3/c1-4(17)7(18)5-3-13-9-6(14-5)8-10(19-8)16-11(12-2)15-9/h4-5,7-8,10,13-14,17-18H,3H2,1-2H3,(H2,12,15,16)/t4-,5+,7-,8?,10?/m0/s1. The molecule has 3 rings (SSSR count). The van der Waals surface area contributed by atoms with E-state index >= 15 is 0 Å². The maximum absolute atomic E-state index is 9.93. The van der Waals surface area contributed by atoms with E-state index in [0.29, 0.717) is 12.5 Å². The maximum Gasteiger partial charge on any atom is 0.198 e. The molecule has 106 valence electrons. The van der Waals surface area contributed by atoms with Crippen LogP contribution in [0.1, 0.15) is 6.92 Å². The first-order valence-electron chi connectivity index (χ1n) is 6.36. The number of aliphatic hydroxyl groups excluding tert-OH is 2. The zero-order valence-corrected chi connectivity index (χ0v) is 10.8. The second kappa shape index (κ2) is 4.55. The summed E-state index contributed by atoms with van der Waals surface area (Å²) in [5.41, 5.74) is 0.854. The molecular weight excluding hydrogens is 250 g/mol. The second-order valence-electron chi connectivity index (χ2n) is 4.97. The van der Waals surface area contributed by atoms with E-state index in [1.807, 2.05) is 0 Å². The number of ether oxygens (including phenoxy) is 1. The molecule has 8 nitrogen and oxygen atoms in total. The van der Waals surface area contributed by atoms with Crippen molar-refractivity contribution in [1.82, 2.24) is 21.3 Å². The van der Waals surface area contributed by atoms with E-state index in [2.05, 4.69) is 26.3 Å². The molecule has 6 N–H and O–H groups in total. The fraction of sp³-hybridized carbons (Fsp3) is 0.727. The van der Waals surface area contributed by atoms with Gasteiger partial charge >= 0.3 is 0 Å². The zero-order chi connectivity index (χ0) is 13.6. The van der Waals surface area contributed by atoms with Gasteiger partial charge in [0.25, 0.3) is 0 Å². The first kappa shape index (κ1) is 12.5. The molecule has 19 heavy (non-hydrogen) atoms. The van der Waals surface area contributed by atoms with Crippen LogP contribution < -0.4 is 21.3 Å². The van der Waals surface area contributed by atoms with E-state index in [0.717, 1.165) is 11.5 Å². The Labute approximate surface area is 110 Å². The van der Waals surface area contributed by atoms with Crippen LogP contribution in [0.25, 0.3) is 0 Å². The van der Waals surface area contributed by atoms with Gasteiger partial charge in [0.1, 0.15) is 18.0 Å². The van der Waals surface area contributed by atoms with Crippen molar-refractivity contribution in [3.63, 3.8) is 0 Å². The SMILES string of the molecule is CN=C1NC2=C(N[C@@H]([C@@H](O)[C@H](C)O)CN2)C2OC2N1. The van der Waals surface area contributed by atoms with E-state index in [1.54, 1.807) is 14.0 Å². The number of nitrogens with zero attached hydrogens (tertiary/aromatic N) is 1. The van der Waals surface area contributed by atoms with Gasteiger partial charge in [-0.15, -0.1) is 0 Å². The molecule has 8 heteroatoms. The molecule has 0 radical (unpaired) electrons. The number of nitrogens with one attached hydrogen (secondary N) is 4. The Morgan fingerprint density at radius 1 is 1.37 bits per heavy atom. The lowest BCUT2D eigenvalue weighted by Crippen LogP contribution is -2.56. The predicted octanol–water partition coefficient (Wildman–Crippen LogP) is -2.64. The molecule has 3 aliphatic rings. The number of hydrogen-bond donors (Lipinski definition) is 6. The van der Waals surface area contributed by atoms with Crippen LogP contribution >= 0.6 is 0 Å². The van der Waals surface area contributed by atoms with Crippen LogP contribution in [0.2, 0.25) is 0 Å². The van der Waals surface area contributed by atoms with Gasteiger partial charge in [0, 0.05) is 13.6 Å². The Morgan fingerprint density at radius 2 is 2.16 bits per heavy atom. The van der Waals surface area contributed by atoms with Crippen LogP contribution in [0.3, 0.4) is 0 Å². The van der Waals surface area contributed by atoms with Crippen LogP contribution in [0.5, 0.6) is 0 Å². The molecule has 0 aromatic rings. The second-order valence-corrected chi connectivity index (χ2v) is 4.97. The maximum atomic E-state index is 9.93. The van der Waals surface area contributed by atoms with Gasteiger partial charge in [0.2, 0.25) is 0 Å². The monoisotopic (exact) mass is 269 g/mol. The van der Waals surface area contributed by atoms with Gasteiger partial charge in [0.15, 0.2) is 12.2 Å². The fourth-order valence-corrected chi connectivity index (χ4v) is 2.36. The highest BCUT2D eigenvalue weighted by Gasteiger charge is 2.48. The van der Waals surface area contributed by atoms with Crippen molar-refractivity contribution >= 4 is 5.96 Å². The van der Waals surface area contributed by atoms with E-state index < -0.39 is 12.2 Å². The van der Waals surface area contributed by atoms with Crippen molar-refractivity contribution in [3.8, 4) is 0 Å². The molecule has 0 aromatic carbocycles. The molecule has 0 aromatic heterocycles. The van der Waals surface area contributed by atoms with E-state index in [9.17, 15) is 10.2 Å². The van der Waals surface area contributed by atoms with E-state index in [4.69, 9.17) is 4.74 Å². The Bertz CT molecular complexity index is 436. The predicted molar refractivity (Wildman–Crippen MR) is 67.9 cm³/mol. The number of guanidine groups is 1. The lowest BCUT2D eigenvalue weighted by Gasteiger charge is -2.33. The molecule has 1 fully saturated rings. The number of aliphatic hydroxyl groups is 2. The minimum absolute atomic E-state index is 0.0850. The average molecular weight is 269 g/mol. The Kier molecular flexibility index (Phi) is 3.00. The molecule has 1 saturated heterocycles. The van der Waals surface area contributed by atoms with Gasteiger partial charge in [-0.25, -0.2) is 0 Å². The van der Waals surface area contributed by atoms with Crippen molar-refractivity contribution in [1.29, 1.82) is 0 Å². The average Bonchev–Trinajstić information content (AvgIpc) is 3.16. The van der Waals surface area contributed by atoms with Crippen molar-refractivity contribution < 1.29 is 14.9 Å². The van der Waals surface area contributed by atoms with Crippen LogP contribution in [-0.2, 0) is 4.74 Å². The lowest BCUT2D eigenvalue weighted by molar-refractivity contribution is 0.00731. The van der Waals surface area contributed by atoms with Crippen LogP contribution in [0.4, 0.5) is 0 Å². The third-order valence-corrected chi connectivity index (χ3v) is 3.54.